The van der Waals surface area contributed by atoms with E-state index >= 15 is 0 Å². The number of nitrogens with zero attached hydrogens (tertiary/aromatic N) is 1. The van der Waals surface area contributed by atoms with E-state index in [4.69, 9.17) is 5.11 Å². The number of halogens is 1. The second-order valence-electron chi connectivity index (χ2n) is 5.70. The van der Waals surface area contributed by atoms with Gasteiger partial charge >= 0.3 is 5.97 Å². The van der Waals surface area contributed by atoms with E-state index in [2.05, 4.69) is 11.8 Å². The minimum Gasteiger partial charge on any atom is -0.478 e. The molecule has 1 aromatic rings. The van der Waals surface area contributed by atoms with E-state index in [1.807, 2.05) is 0 Å². The molecule has 2 rings (SSSR count). The van der Waals surface area contributed by atoms with E-state index < -0.39 is 5.97 Å². The molecule has 1 fully saturated rings. The van der Waals surface area contributed by atoms with Crippen molar-refractivity contribution in [2.75, 3.05) is 13.1 Å². The summed E-state index contributed by atoms with van der Waals surface area (Å²) in [5, 5.41) is 8.58. The van der Waals surface area contributed by atoms with Gasteiger partial charge in [-0.3, -0.25) is 4.90 Å². The highest BCUT2D eigenvalue weighted by Gasteiger charge is 2.24. The zero-order valence-corrected chi connectivity index (χ0v) is 12.4. The van der Waals surface area contributed by atoms with Gasteiger partial charge in [0.05, 0.1) is 0 Å². The highest BCUT2D eigenvalue weighted by atomic mass is 19.1. The molecular formula is C17H22FNO2. The van der Waals surface area contributed by atoms with Crippen LogP contribution in [0, 0.1) is 11.7 Å². The summed E-state index contributed by atoms with van der Waals surface area (Å²) < 4.78 is 14.1. The van der Waals surface area contributed by atoms with E-state index in [1.165, 1.54) is 25.0 Å². The van der Waals surface area contributed by atoms with Gasteiger partial charge < -0.3 is 5.11 Å². The number of carboxylic acid groups (broad SMARTS) is 1. The molecule has 114 valence electrons. The molecule has 0 heterocycles. The monoisotopic (exact) mass is 291 g/mol. The van der Waals surface area contributed by atoms with Gasteiger partial charge in [0.25, 0.3) is 0 Å². The summed E-state index contributed by atoms with van der Waals surface area (Å²) in [7, 11) is 0. The number of carboxylic acids is 1. The third-order valence-electron chi connectivity index (χ3n) is 3.64. The van der Waals surface area contributed by atoms with Crippen molar-refractivity contribution in [1.29, 1.82) is 0 Å². The van der Waals surface area contributed by atoms with Gasteiger partial charge in [-0.2, -0.15) is 0 Å². The Morgan fingerprint density at radius 3 is 2.81 bits per heavy atom. The Morgan fingerprint density at radius 2 is 2.24 bits per heavy atom. The van der Waals surface area contributed by atoms with Crippen LogP contribution in [0.15, 0.2) is 24.3 Å². The third kappa shape index (κ3) is 5.31. The van der Waals surface area contributed by atoms with Gasteiger partial charge in [0, 0.05) is 24.7 Å². The van der Waals surface area contributed by atoms with Gasteiger partial charge in [-0.1, -0.05) is 19.1 Å². The van der Waals surface area contributed by atoms with E-state index in [0.29, 0.717) is 17.7 Å². The quantitative estimate of drug-likeness (QED) is 0.745. The Morgan fingerprint density at radius 1 is 1.48 bits per heavy atom. The second kappa shape index (κ2) is 7.36. The number of aliphatic carboxylic acids is 1. The van der Waals surface area contributed by atoms with Crippen molar-refractivity contribution in [2.24, 2.45) is 5.92 Å². The molecule has 0 bridgehead atoms. The molecule has 1 aliphatic carbocycles. The minimum absolute atomic E-state index is 0.264. The number of hydrogen-bond donors (Lipinski definition) is 1. The Balaban J connectivity index is 2.02. The lowest BCUT2D eigenvalue weighted by Gasteiger charge is -2.22. The number of benzene rings is 1. The highest BCUT2D eigenvalue weighted by molar-refractivity contribution is 5.85. The first kappa shape index (κ1) is 15.7. The number of carbonyl (C=O) groups is 1. The Labute approximate surface area is 125 Å². The van der Waals surface area contributed by atoms with Crippen LogP contribution in [-0.2, 0) is 11.3 Å². The van der Waals surface area contributed by atoms with Gasteiger partial charge in [-0.05, 0) is 49.4 Å². The maximum Gasteiger partial charge on any atom is 0.328 e. The summed E-state index contributed by atoms with van der Waals surface area (Å²) >= 11 is 0. The summed E-state index contributed by atoms with van der Waals surface area (Å²) in [6, 6.07) is 4.92. The van der Waals surface area contributed by atoms with Crippen LogP contribution < -0.4 is 0 Å². The smallest absolute Gasteiger partial charge is 0.328 e. The SMILES string of the molecule is CCCN(Cc1ccc(C=CC(=O)O)cc1F)CC1CC1. The molecular weight excluding hydrogens is 269 g/mol. The lowest BCUT2D eigenvalue weighted by atomic mass is 10.1. The molecule has 0 radical (unpaired) electrons. The number of hydrogen-bond acceptors (Lipinski definition) is 2. The molecule has 0 spiro atoms. The highest BCUT2D eigenvalue weighted by Crippen LogP contribution is 2.30. The molecule has 1 N–H and O–H groups in total. The maximum atomic E-state index is 14.1. The first-order valence-corrected chi connectivity index (χ1v) is 7.50. The summed E-state index contributed by atoms with van der Waals surface area (Å²) in [6.07, 6.45) is 6.07. The van der Waals surface area contributed by atoms with E-state index in [9.17, 15) is 9.18 Å². The molecule has 1 aliphatic rings. The summed E-state index contributed by atoms with van der Waals surface area (Å²) in [5.41, 5.74) is 1.25. The molecule has 0 saturated heterocycles. The third-order valence-corrected chi connectivity index (χ3v) is 3.64. The topological polar surface area (TPSA) is 40.5 Å². The first-order chi connectivity index (χ1) is 10.1. The molecule has 1 saturated carbocycles. The molecule has 1 aromatic carbocycles. The fourth-order valence-corrected chi connectivity index (χ4v) is 2.42. The summed E-state index contributed by atoms with van der Waals surface area (Å²) in [4.78, 5) is 12.8. The summed E-state index contributed by atoms with van der Waals surface area (Å²) in [5.74, 6) is -0.505. The van der Waals surface area contributed by atoms with Crippen molar-refractivity contribution in [2.45, 2.75) is 32.7 Å². The average Bonchev–Trinajstić information content (AvgIpc) is 3.23. The molecule has 0 aromatic heterocycles. The molecule has 3 nitrogen and oxygen atoms in total. The van der Waals surface area contributed by atoms with E-state index in [1.54, 1.807) is 12.1 Å². The number of rotatable bonds is 8. The van der Waals surface area contributed by atoms with Crippen molar-refractivity contribution < 1.29 is 14.3 Å². The van der Waals surface area contributed by atoms with Crippen LogP contribution >= 0.6 is 0 Å². The Hall–Kier alpha value is -1.68. The maximum absolute atomic E-state index is 14.1. The van der Waals surface area contributed by atoms with Gasteiger partial charge in [-0.25, -0.2) is 9.18 Å². The first-order valence-electron chi connectivity index (χ1n) is 7.50. The standard InChI is InChI=1S/C17H22FNO2/c1-2-9-19(11-14-3-4-14)12-15-7-5-13(10-16(15)18)6-8-17(20)21/h5-8,10,14H,2-4,9,11-12H2,1H3,(H,20,21). The van der Waals surface area contributed by atoms with E-state index in [-0.39, 0.29) is 5.82 Å². The largest absolute Gasteiger partial charge is 0.478 e. The molecule has 4 heteroatoms. The van der Waals surface area contributed by atoms with Crippen LogP contribution in [0.3, 0.4) is 0 Å². The van der Waals surface area contributed by atoms with Gasteiger partial charge in [0.2, 0.25) is 0 Å². The molecule has 0 unspecified atom stereocenters. The van der Waals surface area contributed by atoms with Crippen molar-refractivity contribution in [1.82, 2.24) is 4.90 Å². The fourth-order valence-electron chi connectivity index (χ4n) is 2.42. The van der Waals surface area contributed by atoms with Crippen LogP contribution in [0.25, 0.3) is 6.08 Å². The normalized spacial score (nSPS) is 15.0. The van der Waals surface area contributed by atoms with Gasteiger partial charge in [0.1, 0.15) is 5.82 Å². The van der Waals surface area contributed by atoms with Gasteiger partial charge in [-0.15, -0.1) is 0 Å². The van der Waals surface area contributed by atoms with Crippen LogP contribution in [-0.4, -0.2) is 29.1 Å². The van der Waals surface area contributed by atoms with Crippen molar-refractivity contribution in [3.8, 4) is 0 Å². The predicted molar refractivity (Wildman–Crippen MR) is 81.4 cm³/mol. The van der Waals surface area contributed by atoms with Crippen molar-refractivity contribution in [3.05, 3.63) is 41.2 Å². The molecule has 21 heavy (non-hydrogen) atoms. The van der Waals surface area contributed by atoms with Crippen LogP contribution in [0.5, 0.6) is 0 Å². The fraction of sp³-hybridized carbons (Fsp3) is 0.471. The molecule has 0 aliphatic heterocycles. The zero-order valence-electron chi connectivity index (χ0n) is 12.4. The molecule has 0 amide bonds. The van der Waals surface area contributed by atoms with Crippen molar-refractivity contribution >= 4 is 12.0 Å². The van der Waals surface area contributed by atoms with Crippen LogP contribution in [0.2, 0.25) is 0 Å². The minimum atomic E-state index is -1.03. The lowest BCUT2D eigenvalue weighted by molar-refractivity contribution is -0.131. The van der Waals surface area contributed by atoms with Crippen LogP contribution in [0.1, 0.15) is 37.3 Å². The Kier molecular flexibility index (Phi) is 5.51. The average molecular weight is 291 g/mol. The molecule has 0 atom stereocenters. The van der Waals surface area contributed by atoms with Crippen LogP contribution in [0.4, 0.5) is 4.39 Å². The predicted octanol–water partition coefficient (Wildman–Crippen LogP) is 3.55. The second-order valence-corrected chi connectivity index (χ2v) is 5.70. The van der Waals surface area contributed by atoms with Gasteiger partial charge in [0.15, 0.2) is 0 Å². The zero-order chi connectivity index (χ0) is 15.2. The summed E-state index contributed by atoms with van der Waals surface area (Å²) in [6.45, 7) is 4.79. The van der Waals surface area contributed by atoms with E-state index in [0.717, 1.165) is 31.5 Å². The lowest BCUT2D eigenvalue weighted by Crippen LogP contribution is -2.26. The Bertz CT molecular complexity index is 524. The van der Waals surface area contributed by atoms with Crippen molar-refractivity contribution in [3.63, 3.8) is 0 Å².